The van der Waals surface area contributed by atoms with E-state index in [-0.39, 0.29) is 5.91 Å². The molecule has 0 bridgehead atoms. The van der Waals surface area contributed by atoms with Gasteiger partial charge >= 0.3 is 0 Å². The number of carbonyl (C=O) groups excluding carboxylic acids is 1. The Labute approximate surface area is 105 Å². The molecule has 0 aliphatic carbocycles. The highest BCUT2D eigenvalue weighted by atomic mass is 16.1. The topological polar surface area (TPSA) is 43.1 Å². The molecule has 3 aromatic rings. The lowest BCUT2D eigenvalue weighted by atomic mass is 9.98. The fourth-order valence-corrected chi connectivity index (χ4v) is 2.36. The molecule has 1 amide bonds. The fraction of sp³-hybridized carbons (Fsp3) is 0.0625. The van der Waals surface area contributed by atoms with E-state index in [9.17, 15) is 4.79 Å². The van der Waals surface area contributed by atoms with Crippen LogP contribution < -0.4 is 5.73 Å². The van der Waals surface area contributed by atoms with E-state index in [1.165, 1.54) is 10.9 Å². The van der Waals surface area contributed by atoms with Gasteiger partial charge in [0.15, 0.2) is 0 Å². The van der Waals surface area contributed by atoms with Gasteiger partial charge in [0.1, 0.15) is 0 Å². The van der Waals surface area contributed by atoms with Gasteiger partial charge in [-0.1, -0.05) is 35.9 Å². The molecule has 3 aromatic carbocycles. The summed E-state index contributed by atoms with van der Waals surface area (Å²) in [6.07, 6.45) is 0. The first-order valence-electron chi connectivity index (χ1n) is 5.88. The van der Waals surface area contributed by atoms with Crippen LogP contribution in [0.15, 0.2) is 48.5 Å². The molecule has 0 unspecified atom stereocenters. The molecule has 0 fully saturated rings. The van der Waals surface area contributed by atoms with Crippen LogP contribution in [-0.4, -0.2) is 5.91 Å². The Morgan fingerprint density at radius 2 is 1.78 bits per heavy atom. The van der Waals surface area contributed by atoms with Crippen LogP contribution in [0.3, 0.4) is 0 Å². The molecule has 2 N–H and O–H groups in total. The predicted octanol–water partition coefficient (Wildman–Crippen LogP) is 3.40. The van der Waals surface area contributed by atoms with Crippen LogP contribution in [0, 0.1) is 6.92 Å². The Morgan fingerprint density at radius 1 is 0.944 bits per heavy atom. The third-order valence-corrected chi connectivity index (χ3v) is 3.26. The molecule has 0 aromatic heterocycles. The number of fused-ring (bicyclic) bond motifs is 2. The van der Waals surface area contributed by atoms with E-state index >= 15 is 0 Å². The number of amides is 1. The summed E-state index contributed by atoms with van der Waals surface area (Å²) in [6, 6.07) is 16.1. The van der Waals surface area contributed by atoms with Gasteiger partial charge in [-0.25, -0.2) is 0 Å². The molecule has 0 heterocycles. The van der Waals surface area contributed by atoms with Gasteiger partial charge in [-0.05, 0) is 46.7 Å². The van der Waals surface area contributed by atoms with Gasteiger partial charge in [-0.2, -0.15) is 0 Å². The quantitative estimate of drug-likeness (QED) is 0.645. The summed E-state index contributed by atoms with van der Waals surface area (Å²) in [7, 11) is 0. The zero-order chi connectivity index (χ0) is 12.7. The first-order valence-corrected chi connectivity index (χ1v) is 5.88. The minimum Gasteiger partial charge on any atom is -0.366 e. The molecule has 0 saturated heterocycles. The maximum atomic E-state index is 11.4. The van der Waals surface area contributed by atoms with Crippen molar-refractivity contribution >= 4 is 27.5 Å². The van der Waals surface area contributed by atoms with E-state index in [0.717, 1.165) is 16.2 Å². The molecular formula is C16H13NO. The van der Waals surface area contributed by atoms with Crippen molar-refractivity contribution in [3.8, 4) is 0 Å². The van der Waals surface area contributed by atoms with Crippen LogP contribution in [0.5, 0.6) is 0 Å². The van der Waals surface area contributed by atoms with Crippen molar-refractivity contribution < 1.29 is 4.79 Å². The second kappa shape index (κ2) is 3.84. The molecule has 88 valence electrons. The van der Waals surface area contributed by atoms with Crippen LogP contribution >= 0.6 is 0 Å². The van der Waals surface area contributed by atoms with Gasteiger partial charge in [0.25, 0.3) is 0 Å². The highest BCUT2D eigenvalue weighted by molar-refractivity contribution is 6.10. The predicted molar refractivity (Wildman–Crippen MR) is 74.7 cm³/mol. The number of rotatable bonds is 1. The van der Waals surface area contributed by atoms with E-state index < -0.39 is 0 Å². The molecule has 2 heteroatoms. The Hall–Kier alpha value is -2.35. The van der Waals surface area contributed by atoms with Gasteiger partial charge in [0, 0.05) is 5.56 Å². The van der Waals surface area contributed by atoms with Crippen LogP contribution in [0.2, 0.25) is 0 Å². The van der Waals surface area contributed by atoms with Crippen molar-refractivity contribution in [3.63, 3.8) is 0 Å². The standard InChI is InChI=1S/C16H13NO/c1-10-5-6-11-9-15-12(8-13(11)7-10)3-2-4-14(15)16(17)18/h2-9H,1H3,(H2,17,18). The average molecular weight is 235 g/mol. The van der Waals surface area contributed by atoms with Crippen LogP contribution in [0.25, 0.3) is 21.5 Å². The summed E-state index contributed by atoms with van der Waals surface area (Å²) >= 11 is 0. The van der Waals surface area contributed by atoms with Crippen LogP contribution in [0.1, 0.15) is 15.9 Å². The van der Waals surface area contributed by atoms with Gasteiger partial charge in [0.2, 0.25) is 5.91 Å². The van der Waals surface area contributed by atoms with Crippen LogP contribution in [-0.2, 0) is 0 Å². The Kier molecular flexibility index (Phi) is 2.30. The molecular weight excluding hydrogens is 222 g/mol. The molecule has 0 spiro atoms. The maximum Gasteiger partial charge on any atom is 0.249 e. The number of hydrogen-bond acceptors (Lipinski definition) is 1. The molecule has 0 radical (unpaired) electrons. The van der Waals surface area contributed by atoms with Crippen molar-refractivity contribution in [2.24, 2.45) is 5.73 Å². The van der Waals surface area contributed by atoms with E-state index in [2.05, 4.69) is 31.2 Å². The summed E-state index contributed by atoms with van der Waals surface area (Å²) in [5, 5.41) is 4.27. The number of hydrogen-bond donors (Lipinski definition) is 1. The largest absolute Gasteiger partial charge is 0.366 e. The smallest absolute Gasteiger partial charge is 0.249 e. The minimum atomic E-state index is -0.382. The first-order chi connectivity index (χ1) is 8.65. The summed E-state index contributed by atoms with van der Waals surface area (Å²) in [5.41, 5.74) is 7.22. The van der Waals surface area contributed by atoms with Crippen molar-refractivity contribution in [2.45, 2.75) is 6.92 Å². The van der Waals surface area contributed by atoms with Crippen LogP contribution in [0.4, 0.5) is 0 Å². The van der Waals surface area contributed by atoms with Gasteiger partial charge < -0.3 is 5.73 Å². The monoisotopic (exact) mass is 235 g/mol. The maximum absolute atomic E-state index is 11.4. The van der Waals surface area contributed by atoms with E-state index in [1.54, 1.807) is 6.07 Å². The third kappa shape index (κ3) is 1.63. The molecule has 0 saturated carbocycles. The van der Waals surface area contributed by atoms with Gasteiger partial charge in [-0.15, -0.1) is 0 Å². The fourth-order valence-electron chi connectivity index (χ4n) is 2.36. The molecule has 0 atom stereocenters. The van der Waals surface area contributed by atoms with Crippen molar-refractivity contribution in [3.05, 3.63) is 59.7 Å². The highest BCUT2D eigenvalue weighted by Crippen LogP contribution is 2.26. The van der Waals surface area contributed by atoms with E-state index in [1.807, 2.05) is 18.2 Å². The number of nitrogens with two attached hydrogens (primary N) is 1. The molecule has 0 aliphatic rings. The molecule has 18 heavy (non-hydrogen) atoms. The van der Waals surface area contributed by atoms with Crippen molar-refractivity contribution in [1.82, 2.24) is 0 Å². The summed E-state index contributed by atoms with van der Waals surface area (Å²) in [5.74, 6) is -0.382. The molecule has 3 rings (SSSR count). The zero-order valence-electron chi connectivity index (χ0n) is 10.1. The molecule has 2 nitrogen and oxygen atoms in total. The number of carbonyl (C=O) groups is 1. The second-order valence-corrected chi connectivity index (χ2v) is 4.59. The number of benzene rings is 3. The Bertz CT molecular complexity index is 774. The third-order valence-electron chi connectivity index (χ3n) is 3.26. The lowest BCUT2D eigenvalue weighted by Gasteiger charge is -2.06. The highest BCUT2D eigenvalue weighted by Gasteiger charge is 2.07. The first kappa shape index (κ1) is 10.8. The lowest BCUT2D eigenvalue weighted by Crippen LogP contribution is -2.11. The Morgan fingerprint density at radius 3 is 2.56 bits per heavy atom. The SMILES string of the molecule is Cc1ccc2cc3c(C(N)=O)cccc3cc2c1. The van der Waals surface area contributed by atoms with Gasteiger partial charge in [-0.3, -0.25) is 4.79 Å². The summed E-state index contributed by atoms with van der Waals surface area (Å²) in [4.78, 5) is 11.4. The zero-order valence-corrected chi connectivity index (χ0v) is 10.1. The summed E-state index contributed by atoms with van der Waals surface area (Å²) < 4.78 is 0. The minimum absolute atomic E-state index is 0.382. The average Bonchev–Trinajstić information content (AvgIpc) is 2.35. The molecule has 0 aliphatic heterocycles. The lowest BCUT2D eigenvalue weighted by molar-refractivity contribution is 0.100. The van der Waals surface area contributed by atoms with Crippen molar-refractivity contribution in [2.75, 3.05) is 0 Å². The van der Waals surface area contributed by atoms with E-state index in [0.29, 0.717) is 5.56 Å². The Balaban J connectivity index is 2.44. The number of primary amides is 1. The van der Waals surface area contributed by atoms with Gasteiger partial charge in [0.05, 0.1) is 0 Å². The van der Waals surface area contributed by atoms with E-state index in [4.69, 9.17) is 5.73 Å². The van der Waals surface area contributed by atoms with Crippen molar-refractivity contribution in [1.29, 1.82) is 0 Å². The second-order valence-electron chi connectivity index (χ2n) is 4.59. The summed E-state index contributed by atoms with van der Waals surface area (Å²) in [6.45, 7) is 2.07. The normalized spacial score (nSPS) is 10.9. The number of aryl methyl sites for hydroxylation is 1.